The number of carbonyl (C=O) groups excluding carboxylic acids is 3. The molecule has 3 atom stereocenters. The van der Waals surface area contributed by atoms with Crippen LogP contribution in [-0.2, 0) is 14.4 Å². The monoisotopic (exact) mass is 491 g/mol. The Balaban J connectivity index is 1.52. The molecular formula is C28H37N5O3. The third-order valence-electron chi connectivity index (χ3n) is 7.51. The summed E-state index contributed by atoms with van der Waals surface area (Å²) in [6, 6.07) is 10.1. The summed E-state index contributed by atoms with van der Waals surface area (Å²) >= 11 is 0. The van der Waals surface area contributed by atoms with Crippen molar-refractivity contribution in [1.29, 1.82) is 0 Å². The van der Waals surface area contributed by atoms with Gasteiger partial charge in [-0.1, -0.05) is 49.6 Å². The molecule has 1 aliphatic heterocycles. The van der Waals surface area contributed by atoms with Gasteiger partial charge < -0.3 is 20.9 Å². The van der Waals surface area contributed by atoms with Gasteiger partial charge in [-0.15, -0.1) is 0 Å². The quantitative estimate of drug-likeness (QED) is 0.526. The maximum absolute atomic E-state index is 13.8. The molecule has 1 aliphatic carbocycles. The molecule has 4 rings (SSSR count). The second-order valence-electron chi connectivity index (χ2n) is 9.86. The predicted molar refractivity (Wildman–Crippen MR) is 140 cm³/mol. The second-order valence-corrected chi connectivity index (χ2v) is 9.86. The average molecular weight is 492 g/mol. The van der Waals surface area contributed by atoms with Crippen LogP contribution in [0.5, 0.6) is 0 Å². The summed E-state index contributed by atoms with van der Waals surface area (Å²) in [5.74, 6) is -0.468. The standard InChI is InChI=1S/C28H37N5O3/c1-19(29-2)26(34)32-25(21-12-7-4-8-13-21)28(36)33-17-9-14-24(33)27(35)31-23-18-30-16-15-22(23)20-10-5-3-6-11-20/h3,5-6,10-11,15-16,18-19,21,24-25,29H,4,7-9,12-14,17H2,1-2H3,(H,31,35)(H,32,34)/t19-,24-,25-/m0/s1. The summed E-state index contributed by atoms with van der Waals surface area (Å²) < 4.78 is 0. The molecule has 1 aromatic carbocycles. The van der Waals surface area contributed by atoms with Gasteiger partial charge in [-0.25, -0.2) is 0 Å². The highest BCUT2D eigenvalue weighted by Crippen LogP contribution is 2.31. The van der Waals surface area contributed by atoms with Crippen molar-refractivity contribution in [1.82, 2.24) is 20.5 Å². The number of benzene rings is 1. The first kappa shape index (κ1) is 25.8. The van der Waals surface area contributed by atoms with Crippen LogP contribution in [0.3, 0.4) is 0 Å². The Hall–Kier alpha value is -3.26. The smallest absolute Gasteiger partial charge is 0.247 e. The first-order valence-electron chi connectivity index (χ1n) is 13.1. The summed E-state index contributed by atoms with van der Waals surface area (Å²) in [6.07, 6.45) is 9.77. The number of nitrogens with one attached hydrogen (secondary N) is 3. The maximum atomic E-state index is 13.8. The highest BCUT2D eigenvalue weighted by atomic mass is 16.2. The van der Waals surface area contributed by atoms with E-state index < -0.39 is 18.1 Å². The van der Waals surface area contributed by atoms with Gasteiger partial charge in [0, 0.05) is 18.3 Å². The van der Waals surface area contributed by atoms with E-state index in [-0.39, 0.29) is 23.6 Å². The van der Waals surface area contributed by atoms with Crippen LogP contribution < -0.4 is 16.0 Å². The van der Waals surface area contributed by atoms with Gasteiger partial charge in [0.2, 0.25) is 17.7 Å². The maximum Gasteiger partial charge on any atom is 0.247 e. The Morgan fingerprint density at radius 3 is 2.47 bits per heavy atom. The van der Waals surface area contributed by atoms with E-state index in [2.05, 4.69) is 20.9 Å². The van der Waals surface area contributed by atoms with Gasteiger partial charge in [0.15, 0.2) is 0 Å². The van der Waals surface area contributed by atoms with Gasteiger partial charge in [0.25, 0.3) is 0 Å². The van der Waals surface area contributed by atoms with Crippen molar-refractivity contribution in [3.8, 4) is 11.1 Å². The van der Waals surface area contributed by atoms with Crippen LogP contribution in [0, 0.1) is 5.92 Å². The fourth-order valence-electron chi connectivity index (χ4n) is 5.32. The zero-order chi connectivity index (χ0) is 25.5. The van der Waals surface area contributed by atoms with Crippen LogP contribution in [0.15, 0.2) is 48.8 Å². The Bertz CT molecular complexity index is 1050. The van der Waals surface area contributed by atoms with Crippen molar-refractivity contribution in [2.45, 2.75) is 70.0 Å². The molecule has 8 heteroatoms. The van der Waals surface area contributed by atoms with E-state index in [4.69, 9.17) is 0 Å². The lowest BCUT2D eigenvalue weighted by molar-refractivity contribution is -0.142. The van der Waals surface area contributed by atoms with Crippen LogP contribution in [0.4, 0.5) is 5.69 Å². The summed E-state index contributed by atoms with van der Waals surface area (Å²) in [4.78, 5) is 45.9. The number of aromatic nitrogens is 1. The molecule has 3 amide bonds. The topological polar surface area (TPSA) is 103 Å². The van der Waals surface area contributed by atoms with E-state index in [9.17, 15) is 14.4 Å². The molecule has 0 unspecified atom stereocenters. The van der Waals surface area contributed by atoms with Gasteiger partial charge in [-0.2, -0.15) is 0 Å². The van der Waals surface area contributed by atoms with Crippen molar-refractivity contribution in [3.63, 3.8) is 0 Å². The van der Waals surface area contributed by atoms with E-state index in [1.54, 1.807) is 31.3 Å². The molecule has 2 heterocycles. The van der Waals surface area contributed by atoms with E-state index in [0.29, 0.717) is 18.7 Å². The first-order valence-corrected chi connectivity index (χ1v) is 13.1. The lowest BCUT2D eigenvalue weighted by Gasteiger charge is -2.35. The van der Waals surface area contributed by atoms with Crippen LogP contribution in [0.1, 0.15) is 51.9 Å². The van der Waals surface area contributed by atoms with E-state index in [1.807, 2.05) is 36.4 Å². The zero-order valence-corrected chi connectivity index (χ0v) is 21.2. The number of nitrogens with zero attached hydrogens (tertiary/aromatic N) is 2. The van der Waals surface area contributed by atoms with E-state index in [1.165, 1.54) is 0 Å². The van der Waals surface area contributed by atoms with Crippen molar-refractivity contribution in [2.24, 2.45) is 5.92 Å². The molecule has 0 bridgehead atoms. The van der Waals surface area contributed by atoms with Crippen LogP contribution in [-0.4, -0.2) is 59.3 Å². The third kappa shape index (κ3) is 5.93. The number of amides is 3. The number of carbonyl (C=O) groups is 3. The molecule has 2 aromatic rings. The Morgan fingerprint density at radius 1 is 1.00 bits per heavy atom. The summed E-state index contributed by atoms with van der Waals surface area (Å²) in [5.41, 5.74) is 2.48. The number of anilines is 1. The van der Waals surface area contributed by atoms with Gasteiger partial charge in [-0.05, 0) is 57.2 Å². The summed E-state index contributed by atoms with van der Waals surface area (Å²) in [5, 5.41) is 9.00. The van der Waals surface area contributed by atoms with E-state index in [0.717, 1.165) is 49.7 Å². The molecule has 3 N–H and O–H groups in total. The van der Waals surface area contributed by atoms with Crippen molar-refractivity contribution in [3.05, 3.63) is 48.8 Å². The minimum atomic E-state index is -0.611. The number of pyridine rings is 1. The Kier molecular flexibility index (Phi) is 8.70. The zero-order valence-electron chi connectivity index (χ0n) is 21.2. The molecule has 2 aliphatic rings. The molecule has 2 fully saturated rings. The average Bonchev–Trinajstić information content (AvgIpc) is 3.42. The molecule has 1 saturated carbocycles. The van der Waals surface area contributed by atoms with E-state index >= 15 is 0 Å². The Labute approximate surface area is 213 Å². The molecule has 192 valence electrons. The molecule has 0 spiro atoms. The van der Waals surface area contributed by atoms with Crippen molar-refractivity contribution < 1.29 is 14.4 Å². The van der Waals surface area contributed by atoms with Gasteiger partial charge in [0.05, 0.1) is 17.9 Å². The normalized spacial score (nSPS) is 19.9. The summed E-state index contributed by atoms with van der Waals surface area (Å²) in [6.45, 7) is 2.29. The first-order chi connectivity index (χ1) is 17.5. The fraction of sp³-hybridized carbons (Fsp3) is 0.500. The highest BCUT2D eigenvalue weighted by molar-refractivity contribution is 6.01. The number of likely N-dealkylation sites (tertiary alicyclic amines) is 1. The fourth-order valence-corrected chi connectivity index (χ4v) is 5.32. The lowest BCUT2D eigenvalue weighted by atomic mass is 9.83. The Morgan fingerprint density at radius 2 is 1.75 bits per heavy atom. The number of hydrogen-bond acceptors (Lipinski definition) is 5. The molecule has 36 heavy (non-hydrogen) atoms. The van der Waals surface area contributed by atoms with Crippen LogP contribution >= 0.6 is 0 Å². The number of likely N-dealkylation sites (N-methyl/N-ethyl adjacent to an activating group) is 1. The predicted octanol–water partition coefficient (Wildman–Crippen LogP) is 3.35. The molecular weight excluding hydrogens is 454 g/mol. The molecule has 1 saturated heterocycles. The minimum Gasteiger partial charge on any atom is -0.343 e. The largest absolute Gasteiger partial charge is 0.343 e. The second kappa shape index (κ2) is 12.1. The number of hydrogen-bond donors (Lipinski definition) is 3. The van der Waals surface area contributed by atoms with Gasteiger partial charge >= 0.3 is 0 Å². The number of rotatable bonds is 8. The van der Waals surface area contributed by atoms with Crippen molar-refractivity contribution in [2.75, 3.05) is 18.9 Å². The van der Waals surface area contributed by atoms with Crippen LogP contribution in [0.2, 0.25) is 0 Å². The molecule has 0 radical (unpaired) electrons. The van der Waals surface area contributed by atoms with Crippen molar-refractivity contribution >= 4 is 23.4 Å². The lowest BCUT2D eigenvalue weighted by Crippen LogP contribution is -2.57. The third-order valence-corrected chi connectivity index (χ3v) is 7.51. The van der Waals surface area contributed by atoms with Gasteiger partial charge in [0.1, 0.15) is 12.1 Å². The highest BCUT2D eigenvalue weighted by Gasteiger charge is 2.41. The summed E-state index contributed by atoms with van der Waals surface area (Å²) in [7, 11) is 1.73. The molecule has 8 nitrogen and oxygen atoms in total. The molecule has 1 aromatic heterocycles. The van der Waals surface area contributed by atoms with Crippen LogP contribution in [0.25, 0.3) is 11.1 Å². The minimum absolute atomic E-state index is 0.0894. The van der Waals surface area contributed by atoms with Gasteiger partial charge in [-0.3, -0.25) is 19.4 Å². The SMILES string of the molecule is CN[C@@H](C)C(=O)N[C@H](C(=O)N1CCC[C@H]1C(=O)Nc1cnccc1-c1ccccc1)C1CCCCC1.